The van der Waals surface area contributed by atoms with Crippen LogP contribution in [0.5, 0.6) is 0 Å². The third-order valence-electron chi connectivity index (χ3n) is 2.04. The number of hydrogen-bond acceptors (Lipinski definition) is 0. The van der Waals surface area contributed by atoms with Gasteiger partial charge in [-0.1, -0.05) is 45.0 Å². The minimum Gasteiger partial charge on any atom is -0.299 e. The van der Waals surface area contributed by atoms with Gasteiger partial charge in [-0.2, -0.15) is 0 Å². The Labute approximate surface area is 79.7 Å². The Kier molecular flexibility index (Phi) is 2.76. The maximum Gasteiger partial charge on any atom is 0.143 e. The lowest BCUT2D eigenvalue weighted by Gasteiger charge is -2.18. The van der Waals surface area contributed by atoms with Gasteiger partial charge in [0.15, 0.2) is 0 Å². The lowest BCUT2D eigenvalue weighted by atomic mass is 9.87. The summed E-state index contributed by atoms with van der Waals surface area (Å²) in [4.78, 5) is 0. The molecule has 0 fully saturated rings. The first-order chi connectivity index (χ1) is 6.04. The molecule has 0 atom stereocenters. The molecule has 0 unspecified atom stereocenters. The molecule has 13 heavy (non-hydrogen) atoms. The quantitative estimate of drug-likeness (QED) is 0.583. The molecule has 0 amide bonds. The molecule has 0 aliphatic carbocycles. The highest BCUT2D eigenvalue weighted by Gasteiger charge is 2.12. The minimum atomic E-state index is 0.180. The smallest absolute Gasteiger partial charge is 0.143 e. The van der Waals surface area contributed by atoms with E-state index in [0.29, 0.717) is 0 Å². The van der Waals surface area contributed by atoms with Gasteiger partial charge in [-0.25, -0.2) is 0 Å². The van der Waals surface area contributed by atoms with Crippen molar-refractivity contribution in [3.05, 3.63) is 41.7 Å². The van der Waals surface area contributed by atoms with Gasteiger partial charge >= 0.3 is 0 Å². The van der Waals surface area contributed by atoms with Crippen molar-refractivity contribution in [3.63, 3.8) is 0 Å². The molecular formula is C12H15O. The van der Waals surface area contributed by atoms with Crippen LogP contribution >= 0.6 is 0 Å². The van der Waals surface area contributed by atoms with Crippen molar-refractivity contribution >= 4 is 6.08 Å². The molecule has 1 aromatic rings. The van der Waals surface area contributed by atoms with Crippen LogP contribution in [0.2, 0.25) is 0 Å². The van der Waals surface area contributed by atoms with E-state index in [2.05, 4.69) is 32.9 Å². The fourth-order valence-electron chi connectivity index (χ4n) is 1.17. The topological polar surface area (TPSA) is 19.9 Å². The molecule has 0 N–H and O–H groups in total. The Bertz CT molecular complexity index is 288. The van der Waals surface area contributed by atoms with E-state index in [9.17, 15) is 5.11 Å². The van der Waals surface area contributed by atoms with E-state index in [1.54, 1.807) is 6.08 Å². The first-order valence-corrected chi connectivity index (χ1v) is 4.43. The van der Waals surface area contributed by atoms with Crippen molar-refractivity contribution < 1.29 is 5.11 Å². The van der Waals surface area contributed by atoms with Gasteiger partial charge in [0.05, 0.1) is 0 Å². The lowest BCUT2D eigenvalue weighted by Crippen LogP contribution is -2.10. The van der Waals surface area contributed by atoms with Crippen LogP contribution in [0.15, 0.2) is 30.5 Å². The highest BCUT2D eigenvalue weighted by atomic mass is 16.2. The van der Waals surface area contributed by atoms with E-state index in [-0.39, 0.29) is 5.41 Å². The number of benzene rings is 1. The van der Waals surface area contributed by atoms with Crippen molar-refractivity contribution in [2.45, 2.75) is 26.2 Å². The predicted molar refractivity (Wildman–Crippen MR) is 54.9 cm³/mol. The lowest BCUT2D eigenvalue weighted by molar-refractivity contribution is 0.355. The van der Waals surface area contributed by atoms with Crippen molar-refractivity contribution in [2.24, 2.45) is 0 Å². The molecule has 0 aliphatic rings. The van der Waals surface area contributed by atoms with Crippen LogP contribution in [0.25, 0.3) is 6.08 Å². The maximum atomic E-state index is 10.2. The summed E-state index contributed by atoms with van der Waals surface area (Å²) < 4.78 is 0. The summed E-state index contributed by atoms with van der Waals surface area (Å²) in [5.41, 5.74) is 2.43. The Balaban J connectivity index is 2.94. The highest BCUT2D eigenvalue weighted by molar-refractivity contribution is 5.48. The molecule has 0 heterocycles. The van der Waals surface area contributed by atoms with Crippen molar-refractivity contribution in [1.82, 2.24) is 0 Å². The number of hydrogen-bond donors (Lipinski definition) is 0. The van der Waals surface area contributed by atoms with Gasteiger partial charge in [-0.05, 0) is 22.6 Å². The second-order valence-electron chi connectivity index (χ2n) is 4.17. The molecule has 1 nitrogen and oxygen atoms in total. The molecule has 1 heteroatoms. The summed E-state index contributed by atoms with van der Waals surface area (Å²) in [6.45, 7) is 6.52. The molecule has 0 saturated carbocycles. The third kappa shape index (κ3) is 2.62. The Morgan fingerprint density at radius 3 is 2.00 bits per heavy atom. The fraction of sp³-hybridized carbons (Fsp3) is 0.333. The summed E-state index contributed by atoms with van der Waals surface area (Å²) in [5.74, 6) is 0. The first-order valence-electron chi connectivity index (χ1n) is 4.43. The second kappa shape index (κ2) is 3.65. The molecule has 1 aromatic carbocycles. The van der Waals surface area contributed by atoms with Crippen LogP contribution in [0.3, 0.4) is 0 Å². The molecule has 0 spiro atoms. The Hall–Kier alpha value is -1.24. The van der Waals surface area contributed by atoms with Crippen LogP contribution in [-0.2, 0) is 10.5 Å². The van der Waals surface area contributed by atoms with E-state index < -0.39 is 0 Å². The molecule has 0 aliphatic heterocycles. The molecule has 69 valence electrons. The van der Waals surface area contributed by atoms with Crippen LogP contribution in [-0.4, -0.2) is 0 Å². The zero-order valence-electron chi connectivity index (χ0n) is 8.37. The summed E-state index contributed by atoms with van der Waals surface area (Å²) in [5, 5.41) is 10.2. The second-order valence-corrected chi connectivity index (χ2v) is 4.17. The largest absolute Gasteiger partial charge is 0.299 e. The molecule has 0 saturated heterocycles. The van der Waals surface area contributed by atoms with Gasteiger partial charge in [0.25, 0.3) is 0 Å². The van der Waals surface area contributed by atoms with Crippen molar-refractivity contribution in [2.75, 3.05) is 0 Å². The van der Waals surface area contributed by atoms with Gasteiger partial charge < -0.3 is 0 Å². The Morgan fingerprint density at radius 1 is 1.08 bits per heavy atom. The van der Waals surface area contributed by atoms with E-state index in [0.717, 1.165) is 11.8 Å². The van der Waals surface area contributed by atoms with E-state index in [1.165, 1.54) is 5.56 Å². The Morgan fingerprint density at radius 2 is 1.62 bits per heavy atom. The molecule has 0 aromatic heterocycles. The standard InChI is InChI=1S/C12H15O/c1-12(2,3)11-6-4-10(5-7-11)8-9-13/h4-9H,1-3H3. The van der Waals surface area contributed by atoms with E-state index in [4.69, 9.17) is 0 Å². The zero-order chi connectivity index (χ0) is 9.90. The molecule has 1 radical (unpaired) electrons. The summed E-state index contributed by atoms with van der Waals surface area (Å²) in [6.07, 6.45) is 2.37. The van der Waals surface area contributed by atoms with Crippen LogP contribution < -0.4 is 0 Å². The summed E-state index contributed by atoms with van der Waals surface area (Å²) in [6, 6.07) is 8.06. The van der Waals surface area contributed by atoms with Crippen LogP contribution in [0.1, 0.15) is 31.9 Å². The summed E-state index contributed by atoms with van der Waals surface area (Å²) >= 11 is 0. The SMILES string of the molecule is CC(C)(C)c1ccc(C=C[O])cc1. The van der Waals surface area contributed by atoms with Gasteiger partial charge in [0.2, 0.25) is 0 Å². The zero-order valence-corrected chi connectivity index (χ0v) is 8.37. The monoisotopic (exact) mass is 175 g/mol. The van der Waals surface area contributed by atoms with E-state index in [1.807, 2.05) is 12.1 Å². The highest BCUT2D eigenvalue weighted by Crippen LogP contribution is 2.22. The first kappa shape index (κ1) is 9.85. The van der Waals surface area contributed by atoms with Crippen molar-refractivity contribution in [3.8, 4) is 0 Å². The van der Waals surface area contributed by atoms with Gasteiger partial charge in [-0.3, -0.25) is 5.11 Å². The summed E-state index contributed by atoms with van der Waals surface area (Å²) in [7, 11) is 0. The number of rotatable bonds is 1. The van der Waals surface area contributed by atoms with Crippen molar-refractivity contribution in [1.29, 1.82) is 0 Å². The third-order valence-corrected chi connectivity index (χ3v) is 2.04. The van der Waals surface area contributed by atoms with Gasteiger partial charge in [0.1, 0.15) is 6.26 Å². The van der Waals surface area contributed by atoms with E-state index >= 15 is 0 Å². The molecule has 0 bridgehead atoms. The average molecular weight is 175 g/mol. The molecule has 1 rings (SSSR count). The van der Waals surface area contributed by atoms with Gasteiger partial charge in [-0.15, -0.1) is 0 Å². The maximum absolute atomic E-state index is 10.2. The fourth-order valence-corrected chi connectivity index (χ4v) is 1.17. The normalized spacial score (nSPS) is 12.2. The van der Waals surface area contributed by atoms with Crippen LogP contribution in [0.4, 0.5) is 0 Å². The minimum absolute atomic E-state index is 0.180. The average Bonchev–Trinajstić information content (AvgIpc) is 2.04. The van der Waals surface area contributed by atoms with Gasteiger partial charge in [0, 0.05) is 0 Å². The molecular weight excluding hydrogens is 160 g/mol. The van der Waals surface area contributed by atoms with Crippen LogP contribution in [0, 0.1) is 0 Å². The predicted octanol–water partition coefficient (Wildman–Crippen LogP) is 3.39.